The highest BCUT2D eigenvalue weighted by Crippen LogP contribution is 2.29. The Hall–Kier alpha value is -1.40. The van der Waals surface area contributed by atoms with Crippen LogP contribution in [0.4, 0.5) is 8.78 Å². The van der Waals surface area contributed by atoms with Crippen molar-refractivity contribution in [1.29, 1.82) is 0 Å². The quantitative estimate of drug-likeness (QED) is 0.844. The highest BCUT2D eigenvalue weighted by atomic mass is 32.1. The first-order valence-electron chi connectivity index (χ1n) is 7.16. The van der Waals surface area contributed by atoms with Gasteiger partial charge in [0.15, 0.2) is 0 Å². The van der Waals surface area contributed by atoms with Crippen LogP contribution in [-0.4, -0.2) is 16.1 Å². The van der Waals surface area contributed by atoms with Crippen molar-refractivity contribution in [2.24, 2.45) is 0 Å². The molecule has 0 aliphatic rings. The van der Waals surface area contributed by atoms with Crippen LogP contribution in [0.3, 0.4) is 0 Å². The molecule has 0 fully saturated rings. The predicted octanol–water partition coefficient (Wildman–Crippen LogP) is 3.86. The molecule has 0 aliphatic heterocycles. The molecule has 1 aromatic carbocycles. The minimum Gasteiger partial charge on any atom is -0.305 e. The Morgan fingerprint density at radius 2 is 2.05 bits per heavy atom. The van der Waals surface area contributed by atoms with E-state index in [4.69, 9.17) is 0 Å². The summed E-state index contributed by atoms with van der Waals surface area (Å²) in [5.41, 5.74) is 1.33. The molecular formula is C15H19F2N3S. The molecule has 0 amide bonds. The summed E-state index contributed by atoms with van der Waals surface area (Å²) in [6, 6.07) is 3.37. The molecule has 1 unspecified atom stereocenters. The summed E-state index contributed by atoms with van der Waals surface area (Å²) in [6.45, 7) is 4.85. The molecule has 2 aromatic rings. The molecule has 6 heteroatoms. The fourth-order valence-corrected chi connectivity index (χ4v) is 3.00. The smallest absolute Gasteiger partial charge is 0.131 e. The van der Waals surface area contributed by atoms with Crippen molar-refractivity contribution in [2.45, 2.75) is 39.2 Å². The largest absolute Gasteiger partial charge is 0.305 e. The van der Waals surface area contributed by atoms with Crippen molar-refractivity contribution in [2.75, 3.05) is 6.54 Å². The standard InChI is InChI=1S/C15H19F2N3S/c1-3-5-13-15(21-20-19-13)14(18-8-4-2)11-7-6-10(16)9-12(11)17/h6-7,9,14,18H,3-5,8H2,1-2H3. The Kier molecular flexibility index (Phi) is 5.76. The van der Waals surface area contributed by atoms with Crippen LogP contribution in [0.15, 0.2) is 18.2 Å². The normalized spacial score (nSPS) is 12.6. The van der Waals surface area contributed by atoms with Crippen molar-refractivity contribution in [1.82, 2.24) is 14.9 Å². The van der Waals surface area contributed by atoms with E-state index in [0.717, 1.165) is 42.4 Å². The van der Waals surface area contributed by atoms with Gasteiger partial charge in [0.25, 0.3) is 0 Å². The number of nitrogens with one attached hydrogen (secondary N) is 1. The van der Waals surface area contributed by atoms with E-state index in [2.05, 4.69) is 21.8 Å². The SMILES string of the molecule is CCCNC(c1ccc(F)cc1F)c1snnc1CCC. The molecule has 114 valence electrons. The lowest BCUT2D eigenvalue weighted by atomic mass is 10.0. The fourth-order valence-electron chi connectivity index (χ4n) is 2.21. The predicted molar refractivity (Wildman–Crippen MR) is 80.4 cm³/mol. The summed E-state index contributed by atoms with van der Waals surface area (Å²) in [6.07, 6.45) is 2.68. The van der Waals surface area contributed by atoms with Crippen LogP contribution >= 0.6 is 11.5 Å². The number of aryl methyl sites for hydroxylation is 1. The van der Waals surface area contributed by atoms with Crippen LogP contribution in [-0.2, 0) is 6.42 Å². The minimum absolute atomic E-state index is 0.327. The molecule has 21 heavy (non-hydrogen) atoms. The van der Waals surface area contributed by atoms with Crippen molar-refractivity contribution in [3.8, 4) is 0 Å². The van der Waals surface area contributed by atoms with Crippen molar-refractivity contribution < 1.29 is 8.78 Å². The van der Waals surface area contributed by atoms with Gasteiger partial charge in [0, 0.05) is 11.6 Å². The molecule has 0 radical (unpaired) electrons. The molecule has 0 bridgehead atoms. The second-order valence-electron chi connectivity index (χ2n) is 4.89. The number of rotatable bonds is 7. The van der Waals surface area contributed by atoms with Crippen molar-refractivity contribution in [3.05, 3.63) is 46.0 Å². The Balaban J connectivity index is 2.39. The highest BCUT2D eigenvalue weighted by molar-refractivity contribution is 7.05. The van der Waals surface area contributed by atoms with E-state index in [0.29, 0.717) is 5.56 Å². The summed E-state index contributed by atoms with van der Waals surface area (Å²) in [4.78, 5) is 0.913. The van der Waals surface area contributed by atoms with Crippen LogP contribution in [0.25, 0.3) is 0 Å². The van der Waals surface area contributed by atoms with Gasteiger partial charge >= 0.3 is 0 Å². The van der Waals surface area contributed by atoms with Crippen molar-refractivity contribution in [3.63, 3.8) is 0 Å². The van der Waals surface area contributed by atoms with Crippen LogP contribution in [0, 0.1) is 11.6 Å². The van der Waals surface area contributed by atoms with Crippen LogP contribution in [0.5, 0.6) is 0 Å². The number of benzene rings is 1. The van der Waals surface area contributed by atoms with Crippen molar-refractivity contribution >= 4 is 11.5 Å². The average Bonchev–Trinajstić information content (AvgIpc) is 2.90. The van der Waals surface area contributed by atoms with Gasteiger partial charge in [-0.25, -0.2) is 8.78 Å². The summed E-state index contributed by atoms with van der Waals surface area (Å²) in [5.74, 6) is -1.11. The summed E-state index contributed by atoms with van der Waals surface area (Å²) in [5, 5.41) is 7.45. The van der Waals surface area contributed by atoms with Gasteiger partial charge in [0.2, 0.25) is 0 Å². The number of nitrogens with zero attached hydrogens (tertiary/aromatic N) is 2. The maximum Gasteiger partial charge on any atom is 0.131 e. The van der Waals surface area contributed by atoms with Gasteiger partial charge in [-0.15, -0.1) is 5.10 Å². The molecule has 2 rings (SSSR count). The van der Waals surface area contributed by atoms with E-state index in [1.807, 2.05) is 6.92 Å². The third kappa shape index (κ3) is 3.83. The van der Waals surface area contributed by atoms with E-state index >= 15 is 0 Å². The molecule has 0 saturated heterocycles. The van der Waals surface area contributed by atoms with Gasteiger partial charge in [-0.1, -0.05) is 30.8 Å². The van der Waals surface area contributed by atoms with E-state index in [1.165, 1.54) is 23.7 Å². The monoisotopic (exact) mass is 311 g/mol. The zero-order valence-electron chi connectivity index (χ0n) is 12.2. The van der Waals surface area contributed by atoms with E-state index in [1.54, 1.807) is 0 Å². The fraction of sp³-hybridized carbons (Fsp3) is 0.467. The summed E-state index contributed by atoms with van der Waals surface area (Å²) in [7, 11) is 0. The van der Waals surface area contributed by atoms with E-state index < -0.39 is 11.6 Å². The second-order valence-corrected chi connectivity index (χ2v) is 5.67. The zero-order chi connectivity index (χ0) is 15.2. The Bertz CT molecular complexity index is 586. The average molecular weight is 311 g/mol. The minimum atomic E-state index is -0.568. The Morgan fingerprint density at radius 1 is 1.24 bits per heavy atom. The third-order valence-corrected chi connectivity index (χ3v) is 4.04. The van der Waals surface area contributed by atoms with Crippen LogP contribution in [0.1, 0.15) is 48.9 Å². The van der Waals surface area contributed by atoms with Gasteiger partial charge in [-0.3, -0.25) is 0 Å². The van der Waals surface area contributed by atoms with Crippen LogP contribution < -0.4 is 5.32 Å². The molecule has 0 saturated carbocycles. The Labute approximate surface area is 127 Å². The van der Waals surface area contributed by atoms with Gasteiger partial charge in [0.05, 0.1) is 16.6 Å². The lowest BCUT2D eigenvalue weighted by molar-refractivity contribution is 0.534. The highest BCUT2D eigenvalue weighted by Gasteiger charge is 2.23. The van der Waals surface area contributed by atoms with Gasteiger partial charge < -0.3 is 5.32 Å². The summed E-state index contributed by atoms with van der Waals surface area (Å²) < 4.78 is 31.2. The molecule has 1 aromatic heterocycles. The van der Waals surface area contributed by atoms with E-state index in [-0.39, 0.29) is 6.04 Å². The zero-order valence-corrected chi connectivity index (χ0v) is 13.0. The lowest BCUT2D eigenvalue weighted by Gasteiger charge is -2.19. The van der Waals surface area contributed by atoms with E-state index in [9.17, 15) is 8.78 Å². The molecule has 3 nitrogen and oxygen atoms in total. The number of hydrogen-bond acceptors (Lipinski definition) is 4. The van der Waals surface area contributed by atoms with Gasteiger partial charge in [-0.05, 0) is 37.0 Å². The number of hydrogen-bond donors (Lipinski definition) is 1. The number of halogens is 2. The number of aromatic nitrogens is 2. The van der Waals surface area contributed by atoms with Gasteiger partial charge in [-0.2, -0.15) is 0 Å². The molecule has 1 atom stereocenters. The maximum absolute atomic E-state index is 14.1. The molecule has 1 heterocycles. The molecular weight excluding hydrogens is 292 g/mol. The molecule has 0 spiro atoms. The first-order chi connectivity index (χ1) is 10.2. The van der Waals surface area contributed by atoms with Crippen LogP contribution in [0.2, 0.25) is 0 Å². The first kappa shape index (κ1) is 16.0. The second kappa shape index (κ2) is 7.56. The topological polar surface area (TPSA) is 37.8 Å². The first-order valence-corrected chi connectivity index (χ1v) is 7.94. The molecule has 1 N–H and O–H groups in total. The third-order valence-electron chi connectivity index (χ3n) is 3.21. The molecule has 0 aliphatic carbocycles. The van der Waals surface area contributed by atoms with Gasteiger partial charge in [0.1, 0.15) is 11.6 Å². The lowest BCUT2D eigenvalue weighted by Crippen LogP contribution is -2.24. The Morgan fingerprint density at radius 3 is 2.71 bits per heavy atom. The maximum atomic E-state index is 14.1. The summed E-state index contributed by atoms with van der Waals surface area (Å²) >= 11 is 1.27.